The van der Waals surface area contributed by atoms with Gasteiger partial charge < -0.3 is 9.47 Å². The van der Waals surface area contributed by atoms with E-state index in [9.17, 15) is 4.79 Å². The van der Waals surface area contributed by atoms with Crippen LogP contribution in [0.2, 0.25) is 0 Å². The fraction of sp³-hybridized carbons (Fsp3) is 0.500. The summed E-state index contributed by atoms with van der Waals surface area (Å²) in [6.45, 7) is 2.93. The zero-order valence-corrected chi connectivity index (χ0v) is 11.2. The zero-order chi connectivity index (χ0) is 13.5. The first kappa shape index (κ1) is 14.0. The first-order chi connectivity index (χ1) is 9.29. The molecule has 0 amide bonds. The molecule has 1 saturated heterocycles. The van der Waals surface area contributed by atoms with E-state index < -0.39 is 0 Å². The number of hydrazine groups is 1. The lowest BCUT2D eigenvalue weighted by Gasteiger charge is -2.30. The standard InChI is InChI=1S/C14H20N2O3/c1-18-14(17)13(11-12-5-3-2-4-6-12)15-16-7-9-19-10-8-16/h2-6,13,15H,7-11H2,1H3. The third kappa shape index (κ3) is 4.31. The van der Waals surface area contributed by atoms with Crippen molar-refractivity contribution in [1.82, 2.24) is 10.4 Å². The number of nitrogens with zero attached hydrogens (tertiary/aromatic N) is 1. The van der Waals surface area contributed by atoms with Crippen LogP contribution in [-0.4, -0.2) is 50.4 Å². The molecule has 0 bridgehead atoms. The van der Waals surface area contributed by atoms with Gasteiger partial charge in [-0.1, -0.05) is 30.3 Å². The number of rotatable bonds is 5. The van der Waals surface area contributed by atoms with Gasteiger partial charge in [-0.2, -0.15) is 0 Å². The lowest BCUT2D eigenvalue weighted by molar-refractivity contribution is -0.145. The van der Waals surface area contributed by atoms with Crippen LogP contribution in [0.15, 0.2) is 30.3 Å². The highest BCUT2D eigenvalue weighted by Gasteiger charge is 2.23. The summed E-state index contributed by atoms with van der Waals surface area (Å²) >= 11 is 0. The van der Waals surface area contributed by atoms with E-state index in [2.05, 4.69) is 5.43 Å². The Morgan fingerprint density at radius 3 is 2.68 bits per heavy atom. The molecule has 1 aliphatic rings. The molecular weight excluding hydrogens is 244 g/mol. The molecule has 19 heavy (non-hydrogen) atoms. The number of carbonyl (C=O) groups is 1. The molecule has 1 N–H and O–H groups in total. The molecule has 0 saturated carbocycles. The molecule has 1 aromatic carbocycles. The molecule has 104 valence electrons. The molecular formula is C14H20N2O3. The number of methoxy groups -OCH3 is 1. The Morgan fingerprint density at radius 2 is 2.05 bits per heavy atom. The third-order valence-corrected chi connectivity index (χ3v) is 3.12. The number of benzene rings is 1. The summed E-state index contributed by atoms with van der Waals surface area (Å²) in [5.41, 5.74) is 4.34. The number of ether oxygens (including phenoxy) is 2. The largest absolute Gasteiger partial charge is 0.468 e. The molecule has 1 aromatic rings. The van der Waals surface area contributed by atoms with E-state index >= 15 is 0 Å². The molecule has 5 nitrogen and oxygen atoms in total. The molecule has 1 heterocycles. The van der Waals surface area contributed by atoms with E-state index in [0.29, 0.717) is 19.6 Å². The van der Waals surface area contributed by atoms with Gasteiger partial charge in [0.05, 0.1) is 20.3 Å². The average molecular weight is 264 g/mol. The molecule has 1 atom stereocenters. The Labute approximate surface area is 113 Å². The van der Waals surface area contributed by atoms with Crippen molar-refractivity contribution in [2.24, 2.45) is 0 Å². The predicted octanol–water partition coefficient (Wildman–Crippen LogP) is 0.607. The van der Waals surface area contributed by atoms with Crippen molar-refractivity contribution in [3.63, 3.8) is 0 Å². The fourth-order valence-electron chi connectivity index (χ4n) is 2.09. The molecule has 1 aliphatic heterocycles. The van der Waals surface area contributed by atoms with E-state index in [0.717, 1.165) is 18.7 Å². The van der Waals surface area contributed by atoms with Crippen LogP contribution in [-0.2, 0) is 20.7 Å². The summed E-state index contributed by atoms with van der Waals surface area (Å²) < 4.78 is 10.2. The number of carbonyl (C=O) groups excluding carboxylic acids is 1. The molecule has 1 fully saturated rings. The van der Waals surface area contributed by atoms with Crippen LogP contribution in [0.5, 0.6) is 0 Å². The van der Waals surface area contributed by atoms with Gasteiger partial charge in [0, 0.05) is 13.1 Å². The molecule has 5 heteroatoms. The topological polar surface area (TPSA) is 50.8 Å². The van der Waals surface area contributed by atoms with Gasteiger partial charge >= 0.3 is 5.97 Å². The number of morpholine rings is 1. The number of nitrogens with one attached hydrogen (secondary N) is 1. The highest BCUT2D eigenvalue weighted by atomic mass is 16.5. The van der Waals surface area contributed by atoms with Gasteiger partial charge in [-0.3, -0.25) is 4.79 Å². The first-order valence-corrected chi connectivity index (χ1v) is 6.50. The van der Waals surface area contributed by atoms with Gasteiger partial charge in [0.1, 0.15) is 6.04 Å². The van der Waals surface area contributed by atoms with Crippen LogP contribution in [0.4, 0.5) is 0 Å². The maximum Gasteiger partial charge on any atom is 0.324 e. The molecule has 0 spiro atoms. The van der Waals surface area contributed by atoms with Crippen LogP contribution >= 0.6 is 0 Å². The van der Waals surface area contributed by atoms with E-state index in [-0.39, 0.29) is 12.0 Å². The maximum absolute atomic E-state index is 11.8. The van der Waals surface area contributed by atoms with Crippen molar-refractivity contribution in [2.75, 3.05) is 33.4 Å². The summed E-state index contributed by atoms with van der Waals surface area (Å²) in [6, 6.07) is 9.57. The Balaban J connectivity index is 1.97. The van der Waals surface area contributed by atoms with Crippen LogP contribution in [0.1, 0.15) is 5.56 Å². The van der Waals surface area contributed by atoms with Crippen LogP contribution in [0.25, 0.3) is 0 Å². The zero-order valence-electron chi connectivity index (χ0n) is 11.2. The second-order valence-electron chi connectivity index (χ2n) is 4.49. The second kappa shape index (κ2) is 7.23. The minimum atomic E-state index is -0.356. The summed E-state index contributed by atoms with van der Waals surface area (Å²) in [5.74, 6) is -0.240. The third-order valence-electron chi connectivity index (χ3n) is 3.12. The summed E-state index contributed by atoms with van der Waals surface area (Å²) in [5, 5.41) is 2.02. The van der Waals surface area contributed by atoms with Gasteiger partial charge in [-0.25, -0.2) is 10.4 Å². The Kier molecular flexibility index (Phi) is 5.32. The van der Waals surface area contributed by atoms with Crippen LogP contribution in [0, 0.1) is 0 Å². The summed E-state index contributed by atoms with van der Waals surface area (Å²) in [4.78, 5) is 11.8. The molecule has 0 radical (unpaired) electrons. The SMILES string of the molecule is COC(=O)C(Cc1ccccc1)NN1CCOCC1. The number of esters is 1. The Bertz CT molecular complexity index is 391. The highest BCUT2D eigenvalue weighted by molar-refractivity contribution is 5.75. The lowest BCUT2D eigenvalue weighted by atomic mass is 10.1. The molecule has 0 aromatic heterocycles. The van der Waals surface area contributed by atoms with E-state index in [1.165, 1.54) is 7.11 Å². The maximum atomic E-state index is 11.8. The highest BCUT2D eigenvalue weighted by Crippen LogP contribution is 2.06. The summed E-state index contributed by atoms with van der Waals surface area (Å²) in [6.07, 6.45) is 0.616. The van der Waals surface area contributed by atoms with Gasteiger partial charge in [-0.15, -0.1) is 0 Å². The predicted molar refractivity (Wildman–Crippen MR) is 71.5 cm³/mol. The summed E-state index contributed by atoms with van der Waals surface area (Å²) in [7, 11) is 1.42. The minimum Gasteiger partial charge on any atom is -0.468 e. The van der Waals surface area contributed by atoms with Crippen molar-refractivity contribution in [3.8, 4) is 0 Å². The molecule has 1 unspecified atom stereocenters. The minimum absolute atomic E-state index is 0.240. The smallest absolute Gasteiger partial charge is 0.324 e. The first-order valence-electron chi connectivity index (χ1n) is 6.50. The van der Waals surface area contributed by atoms with Gasteiger partial charge in [-0.05, 0) is 12.0 Å². The van der Waals surface area contributed by atoms with Gasteiger partial charge in [0.15, 0.2) is 0 Å². The fourth-order valence-corrected chi connectivity index (χ4v) is 2.09. The van der Waals surface area contributed by atoms with Crippen molar-refractivity contribution in [2.45, 2.75) is 12.5 Å². The van der Waals surface area contributed by atoms with Crippen molar-refractivity contribution in [3.05, 3.63) is 35.9 Å². The lowest BCUT2D eigenvalue weighted by Crippen LogP contribution is -2.53. The van der Waals surface area contributed by atoms with Crippen LogP contribution < -0.4 is 5.43 Å². The Hall–Kier alpha value is -1.43. The number of hydrogen-bond donors (Lipinski definition) is 1. The van der Waals surface area contributed by atoms with E-state index in [1.807, 2.05) is 35.3 Å². The van der Waals surface area contributed by atoms with E-state index in [1.54, 1.807) is 0 Å². The average Bonchev–Trinajstić information content (AvgIpc) is 2.48. The second-order valence-corrected chi connectivity index (χ2v) is 4.49. The Morgan fingerprint density at radius 1 is 1.37 bits per heavy atom. The van der Waals surface area contributed by atoms with Crippen molar-refractivity contribution >= 4 is 5.97 Å². The van der Waals surface area contributed by atoms with Crippen molar-refractivity contribution in [1.29, 1.82) is 0 Å². The normalized spacial score (nSPS) is 17.9. The van der Waals surface area contributed by atoms with Gasteiger partial charge in [0.2, 0.25) is 0 Å². The quantitative estimate of drug-likeness (QED) is 0.790. The van der Waals surface area contributed by atoms with Crippen LogP contribution in [0.3, 0.4) is 0 Å². The van der Waals surface area contributed by atoms with Gasteiger partial charge in [0.25, 0.3) is 0 Å². The number of hydrogen-bond acceptors (Lipinski definition) is 5. The molecule has 0 aliphatic carbocycles. The monoisotopic (exact) mass is 264 g/mol. The molecule has 2 rings (SSSR count). The van der Waals surface area contributed by atoms with Crippen molar-refractivity contribution < 1.29 is 14.3 Å². The van der Waals surface area contributed by atoms with E-state index in [4.69, 9.17) is 9.47 Å².